The first kappa shape index (κ1) is 24.7. The third-order valence-electron chi connectivity index (χ3n) is 6.19. The lowest BCUT2D eigenvalue weighted by molar-refractivity contribution is 0.0679. The molecule has 4 aromatic rings. The van der Waals surface area contributed by atoms with E-state index in [4.69, 9.17) is 9.47 Å². The number of likely N-dealkylation sites (tertiary alicyclic amines) is 1. The SMILES string of the molecule is COc1cncc(-c2ncc(-c3ccnc(Nc4cccc(OCCCN5CCCC(O)C5)c4)n3)[nH]2)c1. The number of H-pyrrole nitrogens is 1. The first-order chi connectivity index (χ1) is 18.2. The van der Waals surface area contributed by atoms with Gasteiger partial charge in [0.05, 0.1) is 43.6 Å². The van der Waals surface area contributed by atoms with Crippen LogP contribution in [-0.2, 0) is 0 Å². The average molecular weight is 502 g/mol. The summed E-state index contributed by atoms with van der Waals surface area (Å²) in [4.78, 5) is 23.2. The number of hydrogen-bond donors (Lipinski definition) is 3. The molecular weight excluding hydrogens is 470 g/mol. The minimum Gasteiger partial charge on any atom is -0.495 e. The summed E-state index contributed by atoms with van der Waals surface area (Å²) in [7, 11) is 1.61. The summed E-state index contributed by atoms with van der Waals surface area (Å²) in [6.45, 7) is 3.36. The highest BCUT2D eigenvalue weighted by Crippen LogP contribution is 2.25. The largest absolute Gasteiger partial charge is 0.495 e. The van der Waals surface area contributed by atoms with Crippen molar-refractivity contribution in [2.24, 2.45) is 0 Å². The van der Waals surface area contributed by atoms with E-state index in [0.717, 1.165) is 61.6 Å². The lowest BCUT2D eigenvalue weighted by Gasteiger charge is -2.29. The molecule has 1 aliphatic heterocycles. The van der Waals surface area contributed by atoms with Crippen LogP contribution in [0.4, 0.5) is 11.6 Å². The normalized spacial score (nSPS) is 15.9. The van der Waals surface area contributed by atoms with Crippen molar-refractivity contribution in [2.45, 2.75) is 25.4 Å². The first-order valence-electron chi connectivity index (χ1n) is 12.4. The fourth-order valence-electron chi connectivity index (χ4n) is 4.33. The van der Waals surface area contributed by atoms with Crippen molar-refractivity contribution in [1.29, 1.82) is 0 Å². The number of methoxy groups -OCH3 is 1. The van der Waals surface area contributed by atoms with Crippen LogP contribution in [0, 0.1) is 0 Å². The van der Waals surface area contributed by atoms with E-state index in [-0.39, 0.29) is 6.10 Å². The second-order valence-electron chi connectivity index (χ2n) is 8.98. The number of nitrogens with zero attached hydrogens (tertiary/aromatic N) is 5. The number of benzene rings is 1. The number of pyridine rings is 1. The van der Waals surface area contributed by atoms with Gasteiger partial charge in [-0.1, -0.05) is 6.07 Å². The molecule has 4 heterocycles. The van der Waals surface area contributed by atoms with E-state index in [0.29, 0.717) is 29.8 Å². The summed E-state index contributed by atoms with van der Waals surface area (Å²) in [5.74, 6) is 2.59. The number of aliphatic hydroxyl groups is 1. The zero-order chi connectivity index (χ0) is 25.5. The zero-order valence-electron chi connectivity index (χ0n) is 20.8. The van der Waals surface area contributed by atoms with Crippen LogP contribution in [0.2, 0.25) is 0 Å². The highest BCUT2D eigenvalue weighted by Gasteiger charge is 2.16. The fourth-order valence-corrected chi connectivity index (χ4v) is 4.33. The van der Waals surface area contributed by atoms with Crippen molar-refractivity contribution < 1.29 is 14.6 Å². The fraction of sp³-hybridized carbons (Fsp3) is 0.333. The molecule has 0 amide bonds. The lowest BCUT2D eigenvalue weighted by atomic mass is 10.1. The Morgan fingerprint density at radius 3 is 2.97 bits per heavy atom. The summed E-state index contributed by atoms with van der Waals surface area (Å²) < 4.78 is 11.2. The second kappa shape index (κ2) is 11.8. The predicted octanol–water partition coefficient (Wildman–Crippen LogP) is 3.91. The first-order valence-corrected chi connectivity index (χ1v) is 12.4. The molecule has 192 valence electrons. The third-order valence-corrected chi connectivity index (χ3v) is 6.19. The van der Waals surface area contributed by atoms with Gasteiger partial charge in [0.2, 0.25) is 5.95 Å². The molecule has 3 aromatic heterocycles. The molecule has 3 N–H and O–H groups in total. The van der Waals surface area contributed by atoms with Crippen LogP contribution >= 0.6 is 0 Å². The number of imidazole rings is 1. The van der Waals surface area contributed by atoms with E-state index in [1.165, 1.54) is 0 Å². The molecule has 10 nitrogen and oxygen atoms in total. The molecule has 0 saturated carbocycles. The smallest absolute Gasteiger partial charge is 0.227 e. The topological polar surface area (TPSA) is 121 Å². The molecule has 0 radical (unpaired) electrons. The van der Waals surface area contributed by atoms with Crippen molar-refractivity contribution in [2.75, 3.05) is 38.7 Å². The average Bonchev–Trinajstić information content (AvgIpc) is 3.42. The summed E-state index contributed by atoms with van der Waals surface area (Å²) in [5.41, 5.74) is 3.13. The van der Waals surface area contributed by atoms with Gasteiger partial charge in [0, 0.05) is 42.8 Å². The maximum Gasteiger partial charge on any atom is 0.227 e. The number of piperidine rings is 1. The molecule has 1 saturated heterocycles. The Balaban J connectivity index is 1.19. The van der Waals surface area contributed by atoms with E-state index in [1.54, 1.807) is 31.9 Å². The maximum atomic E-state index is 9.81. The summed E-state index contributed by atoms with van der Waals surface area (Å²) in [5, 5.41) is 13.1. The number of β-amino-alcohol motifs (C(OH)–C–C–N with tert-alkyl or cyclic N) is 1. The molecule has 1 unspecified atom stereocenters. The number of anilines is 2. The Hall–Kier alpha value is -4.02. The van der Waals surface area contributed by atoms with Gasteiger partial charge in [-0.3, -0.25) is 4.98 Å². The second-order valence-corrected chi connectivity index (χ2v) is 8.98. The Morgan fingerprint density at radius 2 is 2.08 bits per heavy atom. The van der Waals surface area contributed by atoms with Gasteiger partial charge in [-0.25, -0.2) is 15.0 Å². The molecule has 1 atom stereocenters. The quantitative estimate of drug-likeness (QED) is 0.278. The molecule has 37 heavy (non-hydrogen) atoms. The molecule has 1 aromatic carbocycles. The van der Waals surface area contributed by atoms with E-state index < -0.39 is 0 Å². The van der Waals surface area contributed by atoms with Crippen LogP contribution in [0.15, 0.2) is 61.2 Å². The number of aliphatic hydroxyl groups excluding tert-OH is 1. The van der Waals surface area contributed by atoms with Crippen LogP contribution in [0.1, 0.15) is 19.3 Å². The Labute approximate surface area is 215 Å². The number of rotatable bonds is 10. The van der Waals surface area contributed by atoms with Crippen LogP contribution in [-0.4, -0.2) is 74.4 Å². The van der Waals surface area contributed by atoms with Gasteiger partial charge in [-0.15, -0.1) is 0 Å². The molecule has 0 aliphatic carbocycles. The molecule has 5 rings (SSSR count). The Kier molecular flexibility index (Phi) is 7.87. The van der Waals surface area contributed by atoms with Crippen LogP contribution in [0.25, 0.3) is 22.8 Å². The zero-order valence-corrected chi connectivity index (χ0v) is 20.8. The molecular formula is C27H31N7O3. The van der Waals surface area contributed by atoms with Crippen molar-refractivity contribution >= 4 is 11.6 Å². The standard InChI is InChI=1S/C27H31N7O3/c1-36-23-13-19(15-28-16-23)26-30-17-25(32-26)24-8-9-29-27(33-24)31-20-5-2-7-22(14-20)37-12-4-11-34-10-3-6-21(35)18-34/h2,5,7-9,13-17,21,35H,3-4,6,10-12,18H2,1H3,(H,30,32)(H,29,31,33). The third kappa shape index (κ3) is 6.60. The van der Waals surface area contributed by atoms with E-state index in [1.807, 2.05) is 36.4 Å². The van der Waals surface area contributed by atoms with Gasteiger partial charge in [0.15, 0.2) is 0 Å². The van der Waals surface area contributed by atoms with Crippen molar-refractivity contribution in [3.8, 4) is 34.3 Å². The Morgan fingerprint density at radius 1 is 1.14 bits per heavy atom. The number of aromatic nitrogens is 5. The summed E-state index contributed by atoms with van der Waals surface area (Å²) in [6, 6.07) is 11.5. The molecule has 1 aliphatic rings. The molecule has 1 fully saturated rings. The molecule has 0 bridgehead atoms. The van der Waals surface area contributed by atoms with Crippen LogP contribution in [0.3, 0.4) is 0 Å². The lowest BCUT2D eigenvalue weighted by Crippen LogP contribution is -2.39. The van der Waals surface area contributed by atoms with Gasteiger partial charge in [-0.2, -0.15) is 0 Å². The number of ether oxygens (including phenoxy) is 2. The predicted molar refractivity (Wildman–Crippen MR) is 141 cm³/mol. The van der Waals surface area contributed by atoms with Gasteiger partial charge >= 0.3 is 0 Å². The van der Waals surface area contributed by atoms with Gasteiger partial charge in [0.25, 0.3) is 0 Å². The minimum absolute atomic E-state index is 0.196. The molecule has 10 heteroatoms. The Bertz CT molecular complexity index is 1310. The van der Waals surface area contributed by atoms with Crippen molar-refractivity contribution in [3.05, 3.63) is 61.2 Å². The van der Waals surface area contributed by atoms with Crippen molar-refractivity contribution in [3.63, 3.8) is 0 Å². The van der Waals surface area contributed by atoms with E-state index in [9.17, 15) is 5.11 Å². The molecule has 0 spiro atoms. The minimum atomic E-state index is -0.196. The highest BCUT2D eigenvalue weighted by atomic mass is 16.5. The van der Waals surface area contributed by atoms with Crippen molar-refractivity contribution in [1.82, 2.24) is 29.8 Å². The van der Waals surface area contributed by atoms with E-state index >= 15 is 0 Å². The van der Waals surface area contributed by atoms with Gasteiger partial charge < -0.3 is 29.8 Å². The highest BCUT2D eigenvalue weighted by molar-refractivity contribution is 5.64. The van der Waals surface area contributed by atoms with Gasteiger partial charge in [0.1, 0.15) is 17.3 Å². The van der Waals surface area contributed by atoms with E-state index in [2.05, 4.69) is 35.1 Å². The maximum absolute atomic E-state index is 9.81. The summed E-state index contributed by atoms with van der Waals surface area (Å²) >= 11 is 0. The number of hydrogen-bond acceptors (Lipinski definition) is 9. The number of aromatic amines is 1. The van der Waals surface area contributed by atoms with Crippen LogP contribution < -0.4 is 14.8 Å². The number of nitrogens with one attached hydrogen (secondary N) is 2. The summed E-state index contributed by atoms with van der Waals surface area (Å²) in [6.07, 6.45) is 9.49. The van der Waals surface area contributed by atoms with Crippen LogP contribution in [0.5, 0.6) is 11.5 Å². The monoisotopic (exact) mass is 501 g/mol. The van der Waals surface area contributed by atoms with Gasteiger partial charge in [-0.05, 0) is 50.1 Å².